The Morgan fingerprint density at radius 2 is 2.22 bits per heavy atom. The summed E-state index contributed by atoms with van der Waals surface area (Å²) >= 11 is 0. The lowest BCUT2D eigenvalue weighted by molar-refractivity contribution is 0.585. The summed E-state index contributed by atoms with van der Waals surface area (Å²) < 4.78 is 14.6. The molecule has 0 aliphatic rings. The van der Waals surface area contributed by atoms with E-state index in [-0.39, 0.29) is 6.30 Å². The summed E-state index contributed by atoms with van der Waals surface area (Å²) in [4.78, 5) is 4.50. The minimum atomic E-state index is -1.90. The van der Waals surface area contributed by atoms with E-state index >= 15 is 0 Å². The number of pyridine rings is 1. The van der Waals surface area contributed by atoms with E-state index in [0.717, 1.165) is 24.2 Å². The molecule has 0 aliphatic carbocycles. The Hall–Kier alpha value is -1.60. The zero-order valence-corrected chi connectivity index (χ0v) is 11.8. The lowest BCUT2D eigenvalue weighted by Gasteiger charge is -2.06. The van der Waals surface area contributed by atoms with Crippen LogP contribution in [-0.2, 0) is 6.42 Å². The molecule has 0 unspecified atom stereocenters. The van der Waals surface area contributed by atoms with Gasteiger partial charge in [0.2, 0.25) is 0 Å². The van der Waals surface area contributed by atoms with E-state index in [1.165, 1.54) is 0 Å². The lowest BCUT2D eigenvalue weighted by Crippen LogP contribution is -2.26. The molecule has 18 heavy (non-hydrogen) atoms. The summed E-state index contributed by atoms with van der Waals surface area (Å²) in [7, 11) is -1.90. The van der Waals surface area contributed by atoms with Gasteiger partial charge in [0.25, 0.3) is 0 Å². The molecular weight excluding hydrogens is 243 g/mol. The fraction of sp³-hybridized carbons (Fsp3) is 0.357. The van der Waals surface area contributed by atoms with E-state index in [9.17, 15) is 4.39 Å². The lowest BCUT2D eigenvalue weighted by atomic mass is 10.3. The van der Waals surface area contributed by atoms with Crippen LogP contribution in [0.5, 0.6) is 0 Å². The van der Waals surface area contributed by atoms with Crippen LogP contribution >= 0.6 is 0 Å². The van der Waals surface area contributed by atoms with E-state index < -0.39 is 8.07 Å². The number of aromatic nitrogens is 2. The van der Waals surface area contributed by atoms with Gasteiger partial charge < -0.3 is 4.40 Å². The molecule has 2 aromatic heterocycles. The molecule has 0 aromatic carbocycles. The Morgan fingerprint density at radius 1 is 1.39 bits per heavy atom. The number of nitrogens with zero attached hydrogens (tertiary/aromatic N) is 2. The van der Waals surface area contributed by atoms with Gasteiger partial charge in [0.05, 0.1) is 12.0 Å². The highest BCUT2D eigenvalue weighted by Crippen LogP contribution is 2.06. The quantitative estimate of drug-likeness (QED) is 0.612. The average molecular weight is 260 g/mol. The summed E-state index contributed by atoms with van der Waals surface area (Å²) in [6.07, 6.45) is 5.31. The zero-order chi connectivity index (χ0) is 13.0. The van der Waals surface area contributed by atoms with Crippen LogP contribution in [0.4, 0.5) is 4.39 Å². The Morgan fingerprint density at radius 3 is 2.94 bits per heavy atom. The van der Waals surface area contributed by atoms with Crippen molar-refractivity contribution in [1.82, 2.24) is 9.38 Å². The smallest absolute Gasteiger partial charge is 0.165 e. The molecule has 0 radical (unpaired) electrons. The highest BCUT2D eigenvalue weighted by molar-refractivity contribution is 6.85. The average Bonchev–Trinajstić information content (AvgIpc) is 2.77. The van der Waals surface area contributed by atoms with Crippen molar-refractivity contribution in [3.05, 3.63) is 36.3 Å². The third-order valence-electron chi connectivity index (χ3n) is 2.68. The summed E-state index contributed by atoms with van der Waals surface area (Å²) in [5.41, 5.74) is 5.09. The van der Waals surface area contributed by atoms with Crippen LogP contribution in [0, 0.1) is 11.5 Å². The SMILES string of the molecule is C[Si](C)(C#CCCc1cn2ccccc2n1)CF. The van der Waals surface area contributed by atoms with Crippen LogP contribution in [-0.4, -0.2) is 23.8 Å². The zero-order valence-electron chi connectivity index (χ0n) is 10.8. The highest BCUT2D eigenvalue weighted by atomic mass is 28.3. The van der Waals surface area contributed by atoms with Crippen molar-refractivity contribution in [3.63, 3.8) is 0 Å². The second kappa shape index (κ2) is 5.36. The van der Waals surface area contributed by atoms with Gasteiger partial charge in [-0.2, -0.15) is 0 Å². The molecule has 4 heteroatoms. The molecule has 0 aliphatic heterocycles. The van der Waals surface area contributed by atoms with Crippen LogP contribution in [0.2, 0.25) is 13.1 Å². The predicted molar refractivity (Wildman–Crippen MR) is 74.7 cm³/mol. The van der Waals surface area contributed by atoms with Gasteiger partial charge in [0.15, 0.2) is 8.07 Å². The van der Waals surface area contributed by atoms with E-state index in [2.05, 4.69) is 16.4 Å². The molecule has 0 bridgehead atoms. The summed E-state index contributed by atoms with van der Waals surface area (Å²) in [5, 5.41) is 0. The molecule has 0 fully saturated rings. The molecule has 2 nitrogen and oxygen atoms in total. The van der Waals surface area contributed by atoms with Crippen molar-refractivity contribution in [2.45, 2.75) is 25.9 Å². The molecule has 94 valence electrons. The van der Waals surface area contributed by atoms with Crippen molar-refractivity contribution >= 4 is 13.7 Å². The number of hydrogen-bond acceptors (Lipinski definition) is 1. The number of imidazole rings is 1. The van der Waals surface area contributed by atoms with Crippen molar-refractivity contribution in [2.24, 2.45) is 0 Å². The molecule has 0 saturated heterocycles. The maximum atomic E-state index is 12.6. The number of hydrogen-bond donors (Lipinski definition) is 0. The van der Waals surface area contributed by atoms with Gasteiger partial charge in [-0.25, -0.2) is 4.98 Å². The molecule has 0 amide bonds. The third-order valence-corrected chi connectivity index (χ3v) is 4.20. The van der Waals surface area contributed by atoms with Gasteiger partial charge in [-0.3, -0.25) is 4.39 Å². The van der Waals surface area contributed by atoms with Gasteiger partial charge in [-0.15, -0.1) is 11.5 Å². The second-order valence-corrected chi connectivity index (χ2v) is 9.30. The Balaban J connectivity index is 1.98. The van der Waals surface area contributed by atoms with Crippen molar-refractivity contribution in [1.29, 1.82) is 0 Å². The van der Waals surface area contributed by atoms with Crippen LogP contribution < -0.4 is 0 Å². The minimum absolute atomic E-state index is 0.269. The van der Waals surface area contributed by atoms with Gasteiger partial charge in [-0.05, 0) is 12.1 Å². The molecule has 0 N–H and O–H groups in total. The van der Waals surface area contributed by atoms with Crippen molar-refractivity contribution in [2.75, 3.05) is 6.30 Å². The molecule has 2 aromatic rings. The van der Waals surface area contributed by atoms with Gasteiger partial charge in [0.1, 0.15) is 5.65 Å². The summed E-state index contributed by atoms with van der Waals surface area (Å²) in [5.74, 6) is 3.09. The molecule has 2 rings (SSSR count). The third kappa shape index (κ3) is 3.20. The first-order valence-corrected chi connectivity index (χ1v) is 9.30. The number of alkyl halides is 1. The largest absolute Gasteiger partial charge is 0.307 e. The van der Waals surface area contributed by atoms with Gasteiger partial charge in [0, 0.05) is 25.2 Å². The fourth-order valence-corrected chi connectivity index (χ4v) is 2.30. The van der Waals surface area contributed by atoms with E-state index in [1.54, 1.807) is 0 Å². The van der Waals surface area contributed by atoms with Crippen LogP contribution in [0.3, 0.4) is 0 Å². The molecule has 2 heterocycles. The number of rotatable bonds is 3. The first-order valence-electron chi connectivity index (χ1n) is 6.09. The predicted octanol–water partition coefficient (Wildman–Crippen LogP) is 3.03. The normalized spacial score (nSPS) is 11.3. The van der Waals surface area contributed by atoms with Crippen molar-refractivity contribution < 1.29 is 4.39 Å². The van der Waals surface area contributed by atoms with E-state index in [1.807, 2.05) is 48.1 Å². The molecule has 0 atom stereocenters. The number of halogens is 1. The topological polar surface area (TPSA) is 17.3 Å². The molecular formula is C14H17FN2Si. The van der Waals surface area contributed by atoms with Gasteiger partial charge in [-0.1, -0.05) is 19.2 Å². The highest BCUT2D eigenvalue weighted by Gasteiger charge is 2.16. The van der Waals surface area contributed by atoms with Crippen LogP contribution in [0.1, 0.15) is 12.1 Å². The Bertz CT molecular complexity index is 559. The number of fused-ring (bicyclic) bond motifs is 1. The van der Waals surface area contributed by atoms with Crippen LogP contribution in [0.15, 0.2) is 30.6 Å². The maximum absolute atomic E-state index is 12.6. The van der Waals surface area contributed by atoms with E-state index in [0.29, 0.717) is 0 Å². The second-order valence-electron chi connectivity index (χ2n) is 5.02. The maximum Gasteiger partial charge on any atom is 0.165 e. The molecule has 0 saturated carbocycles. The minimum Gasteiger partial charge on any atom is -0.307 e. The van der Waals surface area contributed by atoms with E-state index in [4.69, 9.17) is 0 Å². The summed E-state index contributed by atoms with van der Waals surface area (Å²) in [6, 6.07) is 5.93. The number of aryl methyl sites for hydroxylation is 1. The first-order chi connectivity index (χ1) is 8.61. The van der Waals surface area contributed by atoms with Gasteiger partial charge >= 0.3 is 0 Å². The monoisotopic (exact) mass is 260 g/mol. The Labute approximate surface area is 108 Å². The first kappa shape index (κ1) is 12.8. The standard InChI is InChI=1S/C14H17FN2Si/c1-18(2,12-15)10-6-4-7-13-11-17-9-5-3-8-14(17)16-13/h3,5,8-9,11H,4,7,12H2,1-2H3. The Kier molecular flexibility index (Phi) is 3.83. The van der Waals surface area contributed by atoms with Crippen LogP contribution in [0.25, 0.3) is 5.65 Å². The fourth-order valence-electron chi connectivity index (χ4n) is 1.63. The molecule has 0 spiro atoms. The summed E-state index contributed by atoms with van der Waals surface area (Å²) in [6.45, 7) is 3.90. The van der Waals surface area contributed by atoms with Crippen molar-refractivity contribution in [3.8, 4) is 11.5 Å².